The van der Waals surface area contributed by atoms with Crippen LogP contribution in [0.2, 0.25) is 0 Å². The lowest BCUT2D eigenvalue weighted by Gasteiger charge is -2.42. The predicted octanol–water partition coefficient (Wildman–Crippen LogP) is -5.86. The number of hydrogen-bond donors (Lipinski definition) is 8. The fourth-order valence-electron chi connectivity index (χ4n) is 3.23. The molecule has 2 aliphatic heterocycles. The quantitative estimate of drug-likeness (QED) is 0.217. The number of quaternary nitrogens is 1. The second kappa shape index (κ2) is 8.84. The molecule has 0 amide bonds. The zero-order chi connectivity index (χ0) is 19.6. The fraction of sp³-hybridized carbons (Fsp3) is 0.929. The molecule has 0 bridgehead atoms. The van der Waals surface area contributed by atoms with Crippen molar-refractivity contribution in [3.8, 4) is 0 Å². The zero-order valence-electron chi connectivity index (χ0n) is 14.0. The van der Waals surface area contributed by atoms with Gasteiger partial charge in [0.25, 0.3) is 0 Å². The molecule has 2 fully saturated rings. The molecule has 4 unspecified atom stereocenters. The zero-order valence-corrected chi connectivity index (χ0v) is 14.0. The van der Waals surface area contributed by atoms with Gasteiger partial charge < -0.3 is 55.3 Å². The summed E-state index contributed by atoms with van der Waals surface area (Å²) in [7, 11) is 1.63. The van der Waals surface area contributed by atoms with Crippen molar-refractivity contribution in [2.75, 3.05) is 20.3 Å². The second-order valence-electron chi connectivity index (χ2n) is 6.38. The highest BCUT2D eigenvalue weighted by atomic mass is 16.7. The van der Waals surface area contributed by atoms with Crippen LogP contribution in [0.4, 0.5) is 0 Å². The molecule has 26 heavy (non-hydrogen) atoms. The molecule has 0 spiro atoms. The first-order chi connectivity index (χ1) is 12.2. The normalized spacial score (nSPS) is 46.9. The number of carbonyl (C=O) groups is 1. The van der Waals surface area contributed by atoms with Gasteiger partial charge in [-0.05, 0) is 0 Å². The van der Waals surface area contributed by atoms with Crippen LogP contribution in [-0.2, 0) is 19.0 Å². The number of rotatable bonds is 6. The molecular formula is C14H26NO11+. The maximum absolute atomic E-state index is 11.1. The Kier molecular flexibility index (Phi) is 7.27. The summed E-state index contributed by atoms with van der Waals surface area (Å²) >= 11 is 0. The summed E-state index contributed by atoms with van der Waals surface area (Å²) in [5.74, 6) is -2.30. The summed E-state index contributed by atoms with van der Waals surface area (Å²) in [6.45, 7) is -0.844. The molecule has 0 aliphatic carbocycles. The topological polar surface area (TPSA) is 203 Å². The van der Waals surface area contributed by atoms with Crippen molar-refractivity contribution >= 4 is 5.97 Å². The van der Waals surface area contributed by atoms with E-state index in [1.54, 1.807) is 12.4 Å². The van der Waals surface area contributed by atoms with Crippen molar-refractivity contribution < 1.29 is 60.1 Å². The van der Waals surface area contributed by atoms with Crippen LogP contribution in [0.15, 0.2) is 0 Å². The van der Waals surface area contributed by atoms with Crippen LogP contribution in [0.3, 0.4) is 0 Å². The molecule has 0 aromatic rings. The van der Waals surface area contributed by atoms with E-state index in [2.05, 4.69) is 0 Å². The van der Waals surface area contributed by atoms with Gasteiger partial charge in [-0.2, -0.15) is 0 Å². The molecule has 152 valence electrons. The number of ether oxygens (including phenoxy) is 3. The molecule has 2 heterocycles. The van der Waals surface area contributed by atoms with Crippen LogP contribution in [0.1, 0.15) is 0 Å². The minimum Gasteiger partial charge on any atom is -0.479 e. The Bertz CT molecular complexity index is 480. The Morgan fingerprint density at radius 1 is 1.04 bits per heavy atom. The van der Waals surface area contributed by atoms with Gasteiger partial charge >= 0.3 is 5.97 Å². The van der Waals surface area contributed by atoms with Gasteiger partial charge in [0.1, 0.15) is 30.5 Å². The van der Waals surface area contributed by atoms with Crippen LogP contribution in [0, 0.1) is 5.92 Å². The van der Waals surface area contributed by atoms with Crippen LogP contribution < -0.4 is 5.32 Å². The third-order valence-electron chi connectivity index (χ3n) is 4.79. The van der Waals surface area contributed by atoms with Gasteiger partial charge in [-0.1, -0.05) is 0 Å². The maximum atomic E-state index is 11.1. The number of carboxylic acids is 1. The first-order valence-electron chi connectivity index (χ1n) is 8.18. The Hall–Kier alpha value is -0.930. The largest absolute Gasteiger partial charge is 0.479 e. The number of hydrogen-bond acceptors (Lipinski definition) is 10. The average Bonchev–Trinajstić information content (AvgIpc) is 2.60. The third-order valence-corrected chi connectivity index (χ3v) is 4.79. The van der Waals surface area contributed by atoms with E-state index in [0.717, 1.165) is 0 Å². The molecule has 10 atom stereocenters. The van der Waals surface area contributed by atoms with E-state index in [1.807, 2.05) is 0 Å². The number of carboxylic acid groups (broad SMARTS) is 1. The maximum Gasteiger partial charge on any atom is 0.335 e. The van der Waals surface area contributed by atoms with E-state index >= 15 is 0 Å². The molecule has 2 aliphatic rings. The lowest BCUT2D eigenvalue weighted by molar-refractivity contribution is -0.694. The Morgan fingerprint density at radius 3 is 2.23 bits per heavy atom. The SMILES string of the molecule is C[NH2+]C1[C@H](O)OC(CO)[C@H](O)[C@@H]1CO[C@@H]1OC(C(=O)O)[C@H](O)[C@H](O)C1O. The van der Waals surface area contributed by atoms with E-state index < -0.39 is 73.7 Å². The van der Waals surface area contributed by atoms with Crippen molar-refractivity contribution in [3.05, 3.63) is 0 Å². The van der Waals surface area contributed by atoms with Gasteiger partial charge in [-0.25, -0.2) is 4.79 Å². The predicted molar refractivity (Wildman–Crippen MR) is 79.4 cm³/mol. The van der Waals surface area contributed by atoms with Gasteiger partial charge in [0.05, 0.1) is 32.3 Å². The Morgan fingerprint density at radius 2 is 1.69 bits per heavy atom. The standard InChI is InChI=1S/C14H25NO11/c1-15-6-4(7(17)5(2-16)25-13(6)23)3-24-14-10(20)8(18)9(19)11(26-14)12(21)22/h4-11,13-20,23H,2-3H2,1H3,(H,21,22)/p+1/t4-,5?,6?,7-,8+,9-,10?,11?,13-,14-/m1/s1. The Labute approximate surface area is 148 Å². The smallest absolute Gasteiger partial charge is 0.335 e. The average molecular weight is 384 g/mol. The number of aliphatic carboxylic acids is 1. The van der Waals surface area contributed by atoms with E-state index in [0.29, 0.717) is 0 Å². The first-order valence-corrected chi connectivity index (χ1v) is 8.18. The van der Waals surface area contributed by atoms with Gasteiger partial charge in [-0.3, -0.25) is 0 Å². The second-order valence-corrected chi connectivity index (χ2v) is 6.38. The molecule has 2 saturated heterocycles. The molecule has 0 aromatic heterocycles. The van der Waals surface area contributed by atoms with Crippen molar-refractivity contribution in [2.45, 2.75) is 55.2 Å². The number of aliphatic hydroxyl groups excluding tert-OH is 6. The molecule has 2 rings (SSSR count). The third kappa shape index (κ3) is 4.14. The summed E-state index contributed by atoms with van der Waals surface area (Å²) in [4.78, 5) is 11.1. The summed E-state index contributed by atoms with van der Waals surface area (Å²) in [5, 5.41) is 69.5. The summed E-state index contributed by atoms with van der Waals surface area (Å²) in [6.07, 6.45) is -12.3. The molecular weight excluding hydrogens is 358 g/mol. The minimum atomic E-state index is -1.84. The van der Waals surface area contributed by atoms with Crippen LogP contribution in [-0.4, -0.2) is 117 Å². The van der Waals surface area contributed by atoms with E-state index in [4.69, 9.17) is 19.3 Å². The van der Waals surface area contributed by atoms with Gasteiger partial charge in [0, 0.05) is 0 Å². The number of likely N-dealkylation sites (N-methyl/N-ethyl adjacent to an activating group) is 1. The fourth-order valence-corrected chi connectivity index (χ4v) is 3.23. The Balaban J connectivity index is 2.07. The van der Waals surface area contributed by atoms with E-state index in [1.165, 1.54) is 0 Å². The number of nitrogens with two attached hydrogens (primary N) is 1. The van der Waals surface area contributed by atoms with Crippen LogP contribution >= 0.6 is 0 Å². The van der Waals surface area contributed by atoms with Gasteiger partial charge in [0.15, 0.2) is 12.4 Å². The van der Waals surface area contributed by atoms with E-state index in [9.17, 15) is 35.4 Å². The van der Waals surface area contributed by atoms with Crippen molar-refractivity contribution in [3.63, 3.8) is 0 Å². The van der Waals surface area contributed by atoms with Crippen molar-refractivity contribution in [2.24, 2.45) is 5.92 Å². The van der Waals surface area contributed by atoms with Crippen molar-refractivity contribution in [1.82, 2.24) is 0 Å². The summed E-state index contributed by atoms with van der Waals surface area (Å²) in [5.41, 5.74) is 0. The highest BCUT2D eigenvalue weighted by molar-refractivity contribution is 5.73. The monoisotopic (exact) mass is 384 g/mol. The van der Waals surface area contributed by atoms with Gasteiger partial charge in [-0.15, -0.1) is 0 Å². The highest BCUT2D eigenvalue weighted by Gasteiger charge is 2.50. The first kappa shape index (κ1) is 21.4. The van der Waals surface area contributed by atoms with Gasteiger partial charge in [0.2, 0.25) is 6.29 Å². The lowest BCUT2D eigenvalue weighted by Crippen LogP contribution is -2.93. The molecule has 12 nitrogen and oxygen atoms in total. The minimum absolute atomic E-state index is 0.302. The molecule has 12 heteroatoms. The van der Waals surface area contributed by atoms with Crippen molar-refractivity contribution in [1.29, 1.82) is 0 Å². The molecule has 0 radical (unpaired) electrons. The molecule has 0 saturated carbocycles. The molecule has 0 aromatic carbocycles. The lowest BCUT2D eigenvalue weighted by atomic mass is 9.88. The van der Waals surface area contributed by atoms with Crippen LogP contribution in [0.25, 0.3) is 0 Å². The number of aliphatic hydroxyl groups is 6. The molecule has 9 N–H and O–H groups in total. The summed E-state index contributed by atoms with van der Waals surface area (Å²) in [6, 6.07) is -0.667. The summed E-state index contributed by atoms with van der Waals surface area (Å²) < 4.78 is 15.5. The van der Waals surface area contributed by atoms with Crippen LogP contribution in [0.5, 0.6) is 0 Å². The highest BCUT2D eigenvalue weighted by Crippen LogP contribution is 2.27. The van der Waals surface area contributed by atoms with E-state index in [-0.39, 0.29) is 6.61 Å².